The predicted molar refractivity (Wildman–Crippen MR) is 91.5 cm³/mol. The van der Waals surface area contributed by atoms with E-state index in [-0.39, 0.29) is 0 Å². The molecule has 0 bridgehead atoms. The lowest BCUT2D eigenvalue weighted by molar-refractivity contribution is 0.461. The van der Waals surface area contributed by atoms with Gasteiger partial charge in [-0.25, -0.2) is 0 Å². The van der Waals surface area contributed by atoms with Crippen molar-refractivity contribution in [2.24, 2.45) is 10.9 Å². The Kier molecular flexibility index (Phi) is 4.03. The van der Waals surface area contributed by atoms with Crippen molar-refractivity contribution >= 4 is 35.4 Å². The van der Waals surface area contributed by atoms with E-state index in [0.29, 0.717) is 5.92 Å². The van der Waals surface area contributed by atoms with Crippen molar-refractivity contribution < 1.29 is 0 Å². The van der Waals surface area contributed by atoms with E-state index in [1.165, 1.54) is 22.6 Å². The highest BCUT2D eigenvalue weighted by Crippen LogP contribution is 2.37. The third-order valence-electron chi connectivity index (χ3n) is 4.22. The molecule has 0 radical (unpaired) electrons. The number of aryl methyl sites for hydroxylation is 1. The van der Waals surface area contributed by atoms with Gasteiger partial charge in [0, 0.05) is 40.1 Å². The van der Waals surface area contributed by atoms with Crippen LogP contribution in [0.15, 0.2) is 34.1 Å². The van der Waals surface area contributed by atoms with E-state index in [1.54, 1.807) is 0 Å². The lowest BCUT2D eigenvalue weighted by atomic mass is 10.0. The molecule has 1 aromatic heterocycles. The summed E-state index contributed by atoms with van der Waals surface area (Å²) in [6.07, 6.45) is 5.24. The number of aliphatic imine (C=N–C) groups is 1. The molecule has 3 rings (SSSR count). The molecule has 1 aliphatic carbocycles. The second-order valence-corrected chi connectivity index (χ2v) is 7.01. The zero-order chi connectivity index (χ0) is 14.1. The Bertz CT molecular complexity index is 583. The Labute approximate surface area is 130 Å². The highest BCUT2D eigenvalue weighted by molar-refractivity contribution is 7.84. The van der Waals surface area contributed by atoms with Gasteiger partial charge in [0.1, 0.15) is 0 Å². The van der Waals surface area contributed by atoms with Crippen LogP contribution in [0.3, 0.4) is 0 Å². The van der Waals surface area contributed by atoms with Gasteiger partial charge in [0.15, 0.2) is 0 Å². The van der Waals surface area contributed by atoms with Gasteiger partial charge in [-0.15, -0.1) is 24.0 Å². The first-order valence-electron chi connectivity index (χ1n) is 7.09. The first-order valence-corrected chi connectivity index (χ1v) is 8.42. The quantitative estimate of drug-likeness (QED) is 0.653. The van der Waals surface area contributed by atoms with E-state index in [9.17, 15) is 0 Å². The molecule has 0 spiro atoms. The Hall–Kier alpha value is -1.00. The normalized spacial score (nSPS) is 23.2. The molecule has 1 atom stereocenters. The van der Waals surface area contributed by atoms with Crippen LogP contribution in [-0.4, -0.2) is 23.7 Å². The van der Waals surface area contributed by atoms with Crippen LogP contribution in [0.5, 0.6) is 0 Å². The maximum atomic E-state index is 4.95. The predicted octanol–water partition coefficient (Wildman–Crippen LogP) is 4.22. The van der Waals surface area contributed by atoms with E-state index < -0.39 is 0 Å². The van der Waals surface area contributed by atoms with Crippen LogP contribution < -0.4 is 0 Å². The van der Waals surface area contributed by atoms with E-state index >= 15 is 0 Å². The minimum atomic E-state index is 0.547. The molecule has 0 saturated carbocycles. The Morgan fingerprint density at radius 3 is 3.15 bits per heavy atom. The largest absolute Gasteiger partial charge is 0.377 e. The fourth-order valence-corrected chi connectivity index (χ4v) is 4.10. The average molecular weight is 304 g/mol. The standard InChI is InChI=1S/C16H20N2S2/c1-3-18-8-6-12(10-18)11(2)17-16-13-7-9-20-15(13)5-4-14(16)19/h3,7,9,12,19H,1,4-6,8,10H2,2H3. The third-order valence-corrected chi connectivity index (χ3v) is 5.64. The van der Waals surface area contributed by atoms with Crippen molar-refractivity contribution in [3.05, 3.63) is 39.6 Å². The third kappa shape index (κ3) is 2.59. The monoisotopic (exact) mass is 304 g/mol. The van der Waals surface area contributed by atoms with Crippen LogP contribution in [0.25, 0.3) is 5.70 Å². The van der Waals surface area contributed by atoms with Crippen molar-refractivity contribution in [2.45, 2.75) is 26.2 Å². The fraction of sp³-hybridized carbons (Fsp3) is 0.438. The van der Waals surface area contributed by atoms with Crippen LogP contribution in [-0.2, 0) is 6.42 Å². The van der Waals surface area contributed by atoms with Gasteiger partial charge < -0.3 is 4.90 Å². The van der Waals surface area contributed by atoms with Gasteiger partial charge in [-0.1, -0.05) is 6.58 Å². The van der Waals surface area contributed by atoms with Crippen LogP contribution in [0, 0.1) is 5.92 Å². The van der Waals surface area contributed by atoms with E-state index in [4.69, 9.17) is 4.99 Å². The first-order chi connectivity index (χ1) is 9.69. The highest BCUT2D eigenvalue weighted by Gasteiger charge is 2.24. The second-order valence-electron chi connectivity index (χ2n) is 5.47. The van der Waals surface area contributed by atoms with E-state index in [2.05, 4.69) is 42.5 Å². The number of hydrogen-bond donors (Lipinski definition) is 1. The van der Waals surface area contributed by atoms with E-state index in [1.807, 2.05) is 17.5 Å². The van der Waals surface area contributed by atoms with Gasteiger partial charge in [0.2, 0.25) is 0 Å². The van der Waals surface area contributed by atoms with E-state index in [0.717, 1.165) is 36.5 Å². The van der Waals surface area contributed by atoms with Crippen LogP contribution >= 0.6 is 24.0 Å². The molecule has 106 valence electrons. The number of fused-ring (bicyclic) bond motifs is 1. The lowest BCUT2D eigenvalue weighted by Crippen LogP contribution is -2.17. The smallest absolute Gasteiger partial charge is 0.0804 e. The van der Waals surface area contributed by atoms with Gasteiger partial charge in [-0.3, -0.25) is 4.99 Å². The van der Waals surface area contributed by atoms with Crippen LogP contribution in [0.1, 0.15) is 30.2 Å². The number of allylic oxidation sites excluding steroid dienone is 1. The lowest BCUT2D eigenvalue weighted by Gasteiger charge is -2.17. The van der Waals surface area contributed by atoms with Gasteiger partial charge in [0.05, 0.1) is 5.70 Å². The number of hydrogen-bond acceptors (Lipinski definition) is 4. The highest BCUT2D eigenvalue weighted by atomic mass is 32.1. The van der Waals surface area contributed by atoms with Crippen molar-refractivity contribution in [3.8, 4) is 0 Å². The summed E-state index contributed by atoms with van der Waals surface area (Å²) >= 11 is 6.50. The molecule has 0 N–H and O–H groups in total. The Morgan fingerprint density at radius 1 is 1.55 bits per heavy atom. The van der Waals surface area contributed by atoms with Crippen molar-refractivity contribution in [2.75, 3.05) is 13.1 Å². The fourth-order valence-electron chi connectivity index (χ4n) is 2.94. The summed E-state index contributed by atoms with van der Waals surface area (Å²) in [5.41, 5.74) is 3.63. The summed E-state index contributed by atoms with van der Waals surface area (Å²) in [6.45, 7) is 8.15. The van der Waals surface area contributed by atoms with Crippen LogP contribution in [0.2, 0.25) is 0 Å². The average Bonchev–Trinajstić information content (AvgIpc) is 3.09. The zero-order valence-electron chi connectivity index (χ0n) is 11.8. The van der Waals surface area contributed by atoms with Gasteiger partial charge in [-0.2, -0.15) is 0 Å². The summed E-state index contributed by atoms with van der Waals surface area (Å²) in [7, 11) is 0. The zero-order valence-corrected chi connectivity index (χ0v) is 13.5. The second kappa shape index (κ2) is 5.78. The summed E-state index contributed by atoms with van der Waals surface area (Å²) in [6, 6.07) is 2.19. The summed E-state index contributed by atoms with van der Waals surface area (Å²) in [5.74, 6) is 0.547. The molecular weight excluding hydrogens is 284 g/mol. The van der Waals surface area contributed by atoms with Crippen molar-refractivity contribution in [1.29, 1.82) is 0 Å². The van der Waals surface area contributed by atoms with Gasteiger partial charge >= 0.3 is 0 Å². The molecule has 1 unspecified atom stereocenters. The molecule has 4 heteroatoms. The molecule has 2 heterocycles. The van der Waals surface area contributed by atoms with Crippen LogP contribution in [0.4, 0.5) is 0 Å². The van der Waals surface area contributed by atoms with Crippen molar-refractivity contribution in [3.63, 3.8) is 0 Å². The minimum absolute atomic E-state index is 0.547. The molecule has 2 nitrogen and oxygen atoms in total. The summed E-state index contributed by atoms with van der Waals surface area (Å²) < 4.78 is 0. The number of thiol groups is 1. The molecule has 1 aromatic rings. The molecule has 0 amide bonds. The molecule has 1 aliphatic heterocycles. The number of rotatable bonds is 3. The molecule has 0 aromatic carbocycles. The van der Waals surface area contributed by atoms with Crippen molar-refractivity contribution in [1.82, 2.24) is 4.90 Å². The number of thiophene rings is 1. The SMILES string of the molecule is C=CN1CCC(C(C)=NC2=C(S)CCc3sccc32)C1. The maximum absolute atomic E-state index is 4.95. The molecule has 1 fully saturated rings. The molecular formula is C16H20N2S2. The molecule has 2 aliphatic rings. The minimum Gasteiger partial charge on any atom is -0.377 e. The Morgan fingerprint density at radius 2 is 2.40 bits per heavy atom. The number of nitrogens with zero attached hydrogens (tertiary/aromatic N) is 2. The first kappa shape index (κ1) is 14.0. The topological polar surface area (TPSA) is 15.6 Å². The molecule has 20 heavy (non-hydrogen) atoms. The Balaban J connectivity index is 1.86. The molecule has 1 saturated heterocycles. The summed E-state index contributed by atoms with van der Waals surface area (Å²) in [5, 5.41) is 2.16. The summed E-state index contributed by atoms with van der Waals surface area (Å²) in [4.78, 5) is 9.81. The van der Waals surface area contributed by atoms with Gasteiger partial charge in [-0.05, 0) is 43.8 Å². The van der Waals surface area contributed by atoms with Gasteiger partial charge in [0.25, 0.3) is 0 Å². The maximum Gasteiger partial charge on any atom is 0.0804 e. The number of likely N-dealkylation sites (tertiary alicyclic amines) is 1.